The molecule has 6 aromatic rings. The van der Waals surface area contributed by atoms with Crippen LogP contribution in [0.5, 0.6) is 11.5 Å². The highest BCUT2D eigenvalue weighted by Gasteiger charge is 2.27. The van der Waals surface area contributed by atoms with E-state index in [1.165, 1.54) is 17.7 Å². The molecule has 0 unspecified atom stereocenters. The van der Waals surface area contributed by atoms with Gasteiger partial charge in [-0.25, -0.2) is 13.1 Å². The van der Waals surface area contributed by atoms with Gasteiger partial charge in [-0.3, -0.25) is 19.8 Å². The van der Waals surface area contributed by atoms with Gasteiger partial charge in [0.05, 0.1) is 15.4 Å². The molecule has 2 aliphatic rings. The number of hydrogen-bond acceptors (Lipinski definition) is 10. The van der Waals surface area contributed by atoms with E-state index < -0.39 is 31.4 Å². The molecule has 2 saturated heterocycles. The number of hydrogen-bond donors (Lipinski definition) is 2. The number of rotatable bonds is 13. The van der Waals surface area contributed by atoms with Crippen molar-refractivity contribution in [3.63, 3.8) is 0 Å². The van der Waals surface area contributed by atoms with E-state index in [0.29, 0.717) is 43.6 Å². The molecule has 0 spiro atoms. The van der Waals surface area contributed by atoms with Crippen molar-refractivity contribution < 1.29 is 27.6 Å². The maximum atomic E-state index is 13.9. The lowest BCUT2D eigenvalue weighted by molar-refractivity contribution is -0.384. The third-order valence-corrected chi connectivity index (χ3v) is 12.7. The molecule has 60 heavy (non-hydrogen) atoms. The fraction of sp³-hybridized carbons (Fsp3) is 0.239. The van der Waals surface area contributed by atoms with Crippen molar-refractivity contribution in [2.24, 2.45) is 5.92 Å². The van der Waals surface area contributed by atoms with Gasteiger partial charge in [-0.2, -0.15) is 0 Å². The van der Waals surface area contributed by atoms with Crippen LogP contribution in [0.4, 0.5) is 17.1 Å². The maximum absolute atomic E-state index is 13.9. The Hall–Kier alpha value is -5.99. The lowest BCUT2D eigenvalue weighted by Crippen LogP contribution is -2.46. The second-order valence-electron chi connectivity index (χ2n) is 15.0. The molecular weight excluding hydrogens is 802 g/mol. The predicted octanol–water partition coefficient (Wildman–Crippen LogP) is 9.14. The van der Waals surface area contributed by atoms with Crippen LogP contribution in [0.1, 0.15) is 28.8 Å². The zero-order chi connectivity index (χ0) is 41.6. The van der Waals surface area contributed by atoms with Gasteiger partial charge in [0.2, 0.25) is 0 Å². The number of nitro groups is 1. The summed E-state index contributed by atoms with van der Waals surface area (Å²) in [5.41, 5.74) is 4.07. The van der Waals surface area contributed by atoms with E-state index in [9.17, 15) is 23.3 Å². The molecular formula is C46H44ClN5O7S. The predicted molar refractivity (Wildman–Crippen MR) is 235 cm³/mol. The SMILES string of the molecule is O=C(NS(=O)(=O)c1ccc(NCC2CCOCC2)c([N+](=O)[O-])c1)c1ccc(N2CCN(Cc3ccccc3-c3ccc(Cl)cc3)CC2)cc1Oc1ccc2ccccc2c1. The van der Waals surface area contributed by atoms with Crippen molar-refractivity contribution in [1.29, 1.82) is 0 Å². The van der Waals surface area contributed by atoms with Gasteiger partial charge in [0, 0.05) is 75.3 Å². The third kappa shape index (κ3) is 9.55. The average molecular weight is 846 g/mol. The Labute approximate surface area is 353 Å². The Kier molecular flexibility index (Phi) is 12.3. The van der Waals surface area contributed by atoms with Crippen LogP contribution >= 0.6 is 11.6 Å². The van der Waals surface area contributed by atoms with Crippen LogP contribution in [0.25, 0.3) is 21.9 Å². The second kappa shape index (κ2) is 18.1. The minimum atomic E-state index is -4.55. The number of nitro benzene ring substituents is 1. The quantitative estimate of drug-likeness (QED) is 0.0854. The summed E-state index contributed by atoms with van der Waals surface area (Å²) in [5, 5.41) is 17.8. The molecule has 0 saturated carbocycles. The summed E-state index contributed by atoms with van der Waals surface area (Å²) in [6, 6.07) is 38.3. The van der Waals surface area contributed by atoms with Crippen molar-refractivity contribution in [1.82, 2.24) is 9.62 Å². The Morgan fingerprint density at radius 3 is 2.33 bits per heavy atom. The number of anilines is 2. The van der Waals surface area contributed by atoms with E-state index in [1.807, 2.05) is 66.7 Å². The number of nitrogens with one attached hydrogen (secondary N) is 2. The molecule has 0 aliphatic carbocycles. The van der Waals surface area contributed by atoms with Gasteiger partial charge < -0.3 is 19.7 Å². The Balaban J connectivity index is 1.01. The lowest BCUT2D eigenvalue weighted by Gasteiger charge is -2.36. The number of halogens is 1. The van der Waals surface area contributed by atoms with Crippen LogP contribution in [0, 0.1) is 16.0 Å². The Morgan fingerprint density at radius 2 is 1.57 bits per heavy atom. The number of benzene rings is 6. The van der Waals surface area contributed by atoms with Crippen molar-refractivity contribution in [2.75, 3.05) is 56.2 Å². The molecule has 308 valence electrons. The van der Waals surface area contributed by atoms with Crippen molar-refractivity contribution in [2.45, 2.75) is 24.3 Å². The molecule has 2 N–H and O–H groups in total. The summed E-state index contributed by atoms with van der Waals surface area (Å²) in [6.07, 6.45) is 1.65. The molecule has 0 radical (unpaired) electrons. The summed E-state index contributed by atoms with van der Waals surface area (Å²) in [4.78, 5) is 29.6. The van der Waals surface area contributed by atoms with E-state index in [2.05, 4.69) is 38.0 Å². The summed E-state index contributed by atoms with van der Waals surface area (Å²) < 4.78 is 41.3. The molecule has 1 amide bonds. The van der Waals surface area contributed by atoms with Gasteiger partial charge in [-0.05, 0) is 94.8 Å². The average Bonchev–Trinajstić information content (AvgIpc) is 3.26. The van der Waals surface area contributed by atoms with Gasteiger partial charge >= 0.3 is 0 Å². The number of ether oxygens (including phenoxy) is 2. The number of sulfonamides is 1. The Bertz CT molecular complexity index is 2630. The minimum Gasteiger partial charge on any atom is -0.456 e. The molecule has 6 aromatic carbocycles. The highest BCUT2D eigenvalue weighted by molar-refractivity contribution is 7.90. The Morgan fingerprint density at radius 1 is 0.833 bits per heavy atom. The molecule has 0 atom stereocenters. The van der Waals surface area contributed by atoms with Crippen LogP contribution in [0.3, 0.4) is 0 Å². The third-order valence-electron chi connectivity index (χ3n) is 11.1. The molecule has 0 aromatic heterocycles. The fourth-order valence-corrected chi connectivity index (χ4v) is 8.84. The number of amides is 1. The molecule has 8 rings (SSSR count). The van der Waals surface area contributed by atoms with Crippen LogP contribution in [-0.2, 0) is 21.3 Å². The zero-order valence-electron chi connectivity index (χ0n) is 32.8. The second-order valence-corrected chi connectivity index (χ2v) is 17.1. The van der Waals surface area contributed by atoms with Crippen LogP contribution in [0.15, 0.2) is 132 Å². The number of piperazine rings is 1. The molecule has 14 heteroatoms. The smallest absolute Gasteiger partial charge is 0.293 e. The van der Waals surface area contributed by atoms with E-state index in [1.54, 1.807) is 24.3 Å². The van der Waals surface area contributed by atoms with Crippen LogP contribution < -0.4 is 19.7 Å². The summed E-state index contributed by atoms with van der Waals surface area (Å²) in [7, 11) is -4.55. The molecule has 0 bridgehead atoms. The zero-order valence-corrected chi connectivity index (χ0v) is 34.3. The molecule has 2 fully saturated rings. The normalized spacial score (nSPS) is 15.1. The standard InChI is InChI=1S/C46H44ClN5O7S/c47-37-12-9-34(10-13-37)41-8-4-3-7-36(41)31-50-21-23-51(24-22-50)38-14-17-42(45(28-38)59-39-15-11-33-5-1-2-6-35(33)27-39)46(53)49-60(56,57)40-16-18-43(44(29-40)52(54)55)48-30-32-19-25-58-26-20-32/h1-18,27-29,32,48H,19-26,30-31H2,(H,49,53). The van der Waals surface area contributed by atoms with Crippen molar-refractivity contribution >= 4 is 55.4 Å². The molecule has 2 aliphatic heterocycles. The van der Waals surface area contributed by atoms with Gasteiger partial charge in [-0.1, -0.05) is 78.3 Å². The summed E-state index contributed by atoms with van der Waals surface area (Å²) in [5.74, 6) is -0.0386. The van der Waals surface area contributed by atoms with E-state index in [0.717, 1.165) is 66.1 Å². The van der Waals surface area contributed by atoms with E-state index >= 15 is 0 Å². The van der Waals surface area contributed by atoms with Crippen molar-refractivity contribution in [3.8, 4) is 22.6 Å². The fourth-order valence-electron chi connectivity index (χ4n) is 7.73. The number of carbonyl (C=O) groups excluding carboxylic acids is 1. The lowest BCUT2D eigenvalue weighted by atomic mass is 9.99. The van der Waals surface area contributed by atoms with Gasteiger partial charge in [0.1, 0.15) is 17.2 Å². The topological polar surface area (TPSA) is 143 Å². The number of carbonyl (C=O) groups is 1. The number of nitrogens with zero attached hydrogens (tertiary/aromatic N) is 3. The first-order valence-electron chi connectivity index (χ1n) is 19.9. The van der Waals surface area contributed by atoms with Gasteiger partial charge in [0.25, 0.3) is 21.6 Å². The van der Waals surface area contributed by atoms with Crippen LogP contribution in [-0.4, -0.2) is 70.1 Å². The first-order valence-corrected chi connectivity index (χ1v) is 21.7. The highest BCUT2D eigenvalue weighted by atomic mass is 35.5. The monoisotopic (exact) mass is 845 g/mol. The van der Waals surface area contributed by atoms with Crippen molar-refractivity contribution in [3.05, 3.63) is 154 Å². The van der Waals surface area contributed by atoms with Gasteiger partial charge in [0.15, 0.2) is 0 Å². The summed E-state index contributed by atoms with van der Waals surface area (Å²) >= 11 is 6.16. The maximum Gasteiger partial charge on any atom is 0.293 e. The van der Waals surface area contributed by atoms with Gasteiger partial charge in [-0.15, -0.1) is 0 Å². The van der Waals surface area contributed by atoms with Crippen LogP contribution in [0.2, 0.25) is 5.02 Å². The first-order chi connectivity index (χ1) is 29.1. The molecule has 2 heterocycles. The van der Waals surface area contributed by atoms with E-state index in [4.69, 9.17) is 21.1 Å². The first kappa shape index (κ1) is 40.8. The summed E-state index contributed by atoms with van der Waals surface area (Å²) in [6.45, 7) is 5.49. The molecule has 12 nitrogen and oxygen atoms in total. The highest BCUT2D eigenvalue weighted by Crippen LogP contribution is 2.34. The number of fused-ring (bicyclic) bond motifs is 1. The minimum absolute atomic E-state index is 0.0165. The van der Waals surface area contributed by atoms with E-state index in [-0.39, 0.29) is 22.9 Å². The largest absolute Gasteiger partial charge is 0.456 e.